The minimum atomic E-state index is -0.451. The third-order valence-corrected chi connectivity index (χ3v) is 4.06. The molecular weight excluding hydrogens is 282 g/mol. The Labute approximate surface area is 128 Å². The van der Waals surface area contributed by atoms with Crippen molar-refractivity contribution in [2.45, 2.75) is 6.42 Å². The van der Waals surface area contributed by atoms with E-state index >= 15 is 0 Å². The van der Waals surface area contributed by atoms with Crippen LogP contribution in [0.4, 0.5) is 17.3 Å². The van der Waals surface area contributed by atoms with Crippen molar-refractivity contribution in [3.8, 4) is 0 Å². The molecule has 1 aromatic carbocycles. The molecule has 0 bridgehead atoms. The summed E-state index contributed by atoms with van der Waals surface area (Å²) >= 11 is 0. The van der Waals surface area contributed by atoms with E-state index in [4.69, 9.17) is 0 Å². The van der Waals surface area contributed by atoms with E-state index in [-0.39, 0.29) is 5.82 Å². The molecule has 0 saturated carbocycles. The maximum absolute atomic E-state index is 10.9. The lowest BCUT2D eigenvalue weighted by molar-refractivity contribution is -0.388. The maximum atomic E-state index is 10.9. The standard InChI is InChI=1S/C15H19N5O2/c1-18-11-17-15(20(21)22)14(18)16-9-12-7-8-19(10-12)13-5-3-2-4-6-13/h2-6,11-12,16H,7-10H2,1H3. The number of para-hydroxylation sites is 1. The molecule has 22 heavy (non-hydrogen) atoms. The molecule has 116 valence electrons. The molecule has 1 aromatic heterocycles. The highest BCUT2D eigenvalue weighted by Crippen LogP contribution is 2.25. The number of aromatic nitrogens is 2. The zero-order valence-electron chi connectivity index (χ0n) is 12.5. The van der Waals surface area contributed by atoms with E-state index in [2.05, 4.69) is 27.3 Å². The number of aryl methyl sites for hydroxylation is 1. The molecule has 0 radical (unpaired) electrons. The second-order valence-electron chi connectivity index (χ2n) is 5.60. The monoisotopic (exact) mass is 301 g/mol. The first-order chi connectivity index (χ1) is 10.6. The molecule has 0 amide bonds. The highest BCUT2D eigenvalue weighted by molar-refractivity contribution is 5.52. The maximum Gasteiger partial charge on any atom is 0.406 e. The molecule has 1 fully saturated rings. The van der Waals surface area contributed by atoms with Crippen molar-refractivity contribution < 1.29 is 4.92 Å². The summed E-state index contributed by atoms with van der Waals surface area (Å²) in [5.41, 5.74) is 1.23. The van der Waals surface area contributed by atoms with E-state index in [1.807, 2.05) is 18.2 Å². The average Bonchev–Trinajstić information content (AvgIpc) is 3.13. The number of anilines is 2. The second kappa shape index (κ2) is 6.05. The Morgan fingerprint density at radius 1 is 1.41 bits per heavy atom. The first kappa shape index (κ1) is 14.4. The van der Waals surface area contributed by atoms with E-state index < -0.39 is 4.92 Å². The van der Waals surface area contributed by atoms with E-state index in [0.717, 1.165) is 19.5 Å². The van der Waals surface area contributed by atoms with Crippen LogP contribution in [0.3, 0.4) is 0 Å². The van der Waals surface area contributed by atoms with Crippen molar-refractivity contribution in [1.82, 2.24) is 9.55 Å². The van der Waals surface area contributed by atoms with Gasteiger partial charge in [-0.3, -0.25) is 4.57 Å². The van der Waals surface area contributed by atoms with Gasteiger partial charge in [-0.15, -0.1) is 0 Å². The summed E-state index contributed by atoms with van der Waals surface area (Å²) in [6, 6.07) is 10.3. The molecule has 0 aliphatic carbocycles. The summed E-state index contributed by atoms with van der Waals surface area (Å²) in [4.78, 5) is 16.7. The summed E-state index contributed by atoms with van der Waals surface area (Å²) in [5.74, 6) is 0.832. The van der Waals surface area contributed by atoms with Crippen LogP contribution in [-0.2, 0) is 7.05 Å². The Morgan fingerprint density at radius 3 is 2.91 bits per heavy atom. The molecule has 2 heterocycles. The molecule has 1 unspecified atom stereocenters. The Morgan fingerprint density at radius 2 is 2.18 bits per heavy atom. The van der Waals surface area contributed by atoms with Gasteiger partial charge in [0.15, 0.2) is 0 Å². The predicted octanol–water partition coefficient (Wildman–Crippen LogP) is 2.27. The number of hydrogen-bond acceptors (Lipinski definition) is 5. The SMILES string of the molecule is Cn1cnc([N+](=O)[O-])c1NCC1CCN(c2ccccc2)C1. The third-order valence-electron chi connectivity index (χ3n) is 4.06. The van der Waals surface area contributed by atoms with Crippen LogP contribution in [0.2, 0.25) is 0 Å². The van der Waals surface area contributed by atoms with Gasteiger partial charge in [0, 0.05) is 32.4 Å². The molecule has 7 heteroatoms. The number of imidazole rings is 1. The van der Waals surface area contributed by atoms with Gasteiger partial charge in [-0.25, -0.2) is 0 Å². The van der Waals surface area contributed by atoms with Gasteiger partial charge in [0.1, 0.15) is 0 Å². The minimum absolute atomic E-state index is 0.111. The molecule has 7 nitrogen and oxygen atoms in total. The van der Waals surface area contributed by atoms with Crippen LogP contribution in [0.25, 0.3) is 0 Å². The minimum Gasteiger partial charge on any atom is -0.371 e. The Bertz CT molecular complexity index is 655. The van der Waals surface area contributed by atoms with Crippen LogP contribution < -0.4 is 10.2 Å². The highest BCUT2D eigenvalue weighted by atomic mass is 16.6. The Hall–Kier alpha value is -2.57. The van der Waals surface area contributed by atoms with Gasteiger partial charge in [0.25, 0.3) is 0 Å². The summed E-state index contributed by atoms with van der Waals surface area (Å²) in [6.45, 7) is 2.69. The van der Waals surface area contributed by atoms with Crippen LogP contribution >= 0.6 is 0 Å². The van der Waals surface area contributed by atoms with Crippen LogP contribution in [0.15, 0.2) is 36.7 Å². The summed E-state index contributed by atoms with van der Waals surface area (Å²) in [7, 11) is 1.76. The lowest BCUT2D eigenvalue weighted by atomic mass is 10.1. The van der Waals surface area contributed by atoms with Gasteiger partial charge < -0.3 is 20.3 Å². The summed E-state index contributed by atoms with van der Waals surface area (Å²) in [5, 5.41) is 14.1. The number of nitrogens with zero attached hydrogens (tertiary/aromatic N) is 4. The van der Waals surface area contributed by atoms with E-state index in [1.165, 1.54) is 12.0 Å². The molecule has 1 saturated heterocycles. The molecular formula is C15H19N5O2. The van der Waals surface area contributed by atoms with Gasteiger partial charge >= 0.3 is 5.82 Å². The smallest absolute Gasteiger partial charge is 0.371 e. The molecule has 1 atom stereocenters. The van der Waals surface area contributed by atoms with Crippen LogP contribution in [-0.4, -0.2) is 34.1 Å². The van der Waals surface area contributed by atoms with E-state index in [1.54, 1.807) is 11.6 Å². The number of benzene rings is 1. The number of nitro groups is 1. The zero-order valence-corrected chi connectivity index (χ0v) is 12.5. The first-order valence-corrected chi connectivity index (χ1v) is 7.34. The van der Waals surface area contributed by atoms with Crippen molar-refractivity contribution in [2.75, 3.05) is 29.9 Å². The third kappa shape index (κ3) is 2.88. The van der Waals surface area contributed by atoms with Gasteiger partial charge in [-0.05, 0) is 34.4 Å². The van der Waals surface area contributed by atoms with Crippen LogP contribution in [0.5, 0.6) is 0 Å². The van der Waals surface area contributed by atoms with Crippen molar-refractivity contribution in [3.05, 3.63) is 46.8 Å². The van der Waals surface area contributed by atoms with Gasteiger partial charge in [0.2, 0.25) is 12.1 Å². The summed E-state index contributed by atoms with van der Waals surface area (Å²) < 4.78 is 1.65. The molecule has 2 aromatic rings. The summed E-state index contributed by atoms with van der Waals surface area (Å²) in [6.07, 6.45) is 2.54. The molecule has 0 spiro atoms. The number of nitrogens with one attached hydrogen (secondary N) is 1. The van der Waals surface area contributed by atoms with Crippen molar-refractivity contribution in [2.24, 2.45) is 13.0 Å². The highest BCUT2D eigenvalue weighted by Gasteiger charge is 2.25. The predicted molar refractivity (Wildman–Crippen MR) is 85.1 cm³/mol. The van der Waals surface area contributed by atoms with Crippen LogP contribution in [0, 0.1) is 16.0 Å². The van der Waals surface area contributed by atoms with Gasteiger partial charge in [-0.1, -0.05) is 18.2 Å². The first-order valence-electron chi connectivity index (χ1n) is 7.34. The molecule has 3 rings (SSSR count). The van der Waals surface area contributed by atoms with Gasteiger partial charge in [-0.2, -0.15) is 0 Å². The fraction of sp³-hybridized carbons (Fsp3) is 0.400. The second-order valence-corrected chi connectivity index (χ2v) is 5.60. The van der Waals surface area contributed by atoms with E-state index in [0.29, 0.717) is 18.3 Å². The van der Waals surface area contributed by atoms with Crippen LogP contribution in [0.1, 0.15) is 6.42 Å². The number of hydrogen-bond donors (Lipinski definition) is 1. The topological polar surface area (TPSA) is 76.2 Å². The quantitative estimate of drug-likeness (QED) is 0.677. The van der Waals surface area contributed by atoms with Crippen molar-refractivity contribution >= 4 is 17.3 Å². The normalized spacial score (nSPS) is 17.7. The molecule has 1 N–H and O–H groups in total. The van der Waals surface area contributed by atoms with Crippen molar-refractivity contribution in [3.63, 3.8) is 0 Å². The Kier molecular flexibility index (Phi) is 3.95. The van der Waals surface area contributed by atoms with Gasteiger partial charge in [0.05, 0.1) is 0 Å². The molecule has 1 aliphatic rings. The largest absolute Gasteiger partial charge is 0.406 e. The van der Waals surface area contributed by atoms with E-state index in [9.17, 15) is 10.1 Å². The Balaban J connectivity index is 1.60. The fourth-order valence-electron chi connectivity index (χ4n) is 2.87. The lowest BCUT2D eigenvalue weighted by Crippen LogP contribution is -2.22. The molecule has 1 aliphatic heterocycles. The van der Waals surface area contributed by atoms with Crippen molar-refractivity contribution in [1.29, 1.82) is 0 Å². The zero-order chi connectivity index (χ0) is 15.5. The number of rotatable bonds is 5. The fourth-order valence-corrected chi connectivity index (χ4v) is 2.87. The lowest BCUT2D eigenvalue weighted by Gasteiger charge is -2.18. The average molecular weight is 301 g/mol.